The lowest BCUT2D eigenvalue weighted by molar-refractivity contribution is -0.138. The van der Waals surface area contributed by atoms with Crippen LogP contribution in [0.15, 0.2) is 0 Å². The molecule has 1 aromatic rings. The van der Waals surface area contributed by atoms with E-state index < -0.39 is 27.1 Å². The number of hydrogen-bond donors (Lipinski definition) is 1. The van der Waals surface area contributed by atoms with Crippen molar-refractivity contribution in [1.29, 1.82) is 0 Å². The molecule has 2 unspecified atom stereocenters. The highest BCUT2D eigenvalue weighted by Gasteiger charge is 2.27. The van der Waals surface area contributed by atoms with Crippen LogP contribution in [0.3, 0.4) is 0 Å². The molecule has 1 N–H and O–H groups in total. The number of carboxylic acid groups (broad SMARTS) is 1. The van der Waals surface area contributed by atoms with Crippen LogP contribution < -0.4 is 0 Å². The summed E-state index contributed by atoms with van der Waals surface area (Å²) in [5, 5.41) is 19.0. The Kier molecular flexibility index (Phi) is 4.98. The molecule has 0 amide bonds. The predicted molar refractivity (Wildman–Crippen MR) is 67.3 cm³/mol. The van der Waals surface area contributed by atoms with Crippen molar-refractivity contribution in [3.63, 3.8) is 0 Å². The van der Waals surface area contributed by atoms with Gasteiger partial charge < -0.3 is 5.11 Å². The summed E-state index contributed by atoms with van der Waals surface area (Å²) in [7, 11) is -3.34. The van der Waals surface area contributed by atoms with Crippen LogP contribution in [0, 0.1) is 0 Å². The van der Waals surface area contributed by atoms with Crippen molar-refractivity contribution in [2.45, 2.75) is 44.4 Å². The van der Waals surface area contributed by atoms with Gasteiger partial charge in [0.05, 0.1) is 12.5 Å². The monoisotopic (exact) mass is 290 g/mol. The number of tetrazole rings is 1. The third-order valence-electron chi connectivity index (χ3n) is 2.90. The van der Waals surface area contributed by atoms with Gasteiger partial charge in [0.15, 0.2) is 15.7 Å². The Labute approximate surface area is 111 Å². The lowest BCUT2D eigenvalue weighted by Gasteiger charge is -2.17. The van der Waals surface area contributed by atoms with Gasteiger partial charge in [0.2, 0.25) is 0 Å². The molecule has 8 nitrogen and oxygen atoms in total. The minimum absolute atomic E-state index is 0.137. The van der Waals surface area contributed by atoms with E-state index in [1.807, 2.05) is 6.92 Å². The Morgan fingerprint density at radius 2 is 2.11 bits per heavy atom. The van der Waals surface area contributed by atoms with Gasteiger partial charge in [-0.3, -0.25) is 4.79 Å². The molecule has 0 aromatic carbocycles. The maximum Gasteiger partial charge on any atom is 0.305 e. The second-order valence-corrected chi connectivity index (χ2v) is 6.86. The van der Waals surface area contributed by atoms with Crippen LogP contribution in [0.4, 0.5) is 0 Å². The molecule has 2 atom stereocenters. The summed E-state index contributed by atoms with van der Waals surface area (Å²) in [5.41, 5.74) is 0. The molecule has 0 fully saturated rings. The molecule has 0 spiro atoms. The summed E-state index contributed by atoms with van der Waals surface area (Å²) in [6, 6.07) is -0.434. The molecule has 0 saturated carbocycles. The molecule has 0 saturated heterocycles. The van der Waals surface area contributed by atoms with Gasteiger partial charge in [-0.2, -0.15) is 0 Å². The molecule has 0 aliphatic heterocycles. The summed E-state index contributed by atoms with van der Waals surface area (Å²) in [6.45, 7) is 3.40. The molecule has 9 heteroatoms. The van der Waals surface area contributed by atoms with Gasteiger partial charge in [0.25, 0.3) is 0 Å². The van der Waals surface area contributed by atoms with Gasteiger partial charge in [0, 0.05) is 6.26 Å². The van der Waals surface area contributed by atoms with E-state index in [1.54, 1.807) is 0 Å². The topological polar surface area (TPSA) is 115 Å². The Balaban J connectivity index is 3.12. The van der Waals surface area contributed by atoms with Crippen LogP contribution in [0.2, 0.25) is 0 Å². The average Bonchev–Trinajstić information content (AvgIpc) is 2.74. The summed E-state index contributed by atoms with van der Waals surface area (Å²) in [5.74, 6) is -0.783. The fourth-order valence-electron chi connectivity index (χ4n) is 1.77. The zero-order valence-corrected chi connectivity index (χ0v) is 12.0. The van der Waals surface area contributed by atoms with E-state index in [-0.39, 0.29) is 12.2 Å². The number of aromatic nitrogens is 4. The molecule has 1 rings (SSSR count). The highest BCUT2D eigenvalue weighted by atomic mass is 32.2. The van der Waals surface area contributed by atoms with Crippen molar-refractivity contribution in [2.75, 3.05) is 6.26 Å². The highest BCUT2D eigenvalue weighted by molar-refractivity contribution is 7.90. The fourth-order valence-corrected chi connectivity index (χ4v) is 2.30. The average molecular weight is 290 g/mol. The number of nitrogens with zero attached hydrogens (tertiary/aromatic N) is 4. The third kappa shape index (κ3) is 3.98. The van der Waals surface area contributed by atoms with Gasteiger partial charge in [-0.15, -0.1) is 5.10 Å². The normalized spacial score (nSPS) is 15.1. The maximum absolute atomic E-state index is 11.6. The minimum atomic E-state index is -3.34. The van der Waals surface area contributed by atoms with E-state index in [2.05, 4.69) is 15.5 Å². The first kappa shape index (κ1) is 15.5. The zero-order chi connectivity index (χ0) is 14.6. The first-order chi connectivity index (χ1) is 8.77. The van der Waals surface area contributed by atoms with Crippen LogP contribution in [-0.4, -0.2) is 46.0 Å². The standard InChI is InChI=1S/C10H18N4O4S/c1-4-5-8(6-9(15)16)14-10(11-12-13-14)7(2)19(3,17)18/h7-8H,4-6H2,1-3H3,(H,15,16). The summed E-state index contributed by atoms with van der Waals surface area (Å²) < 4.78 is 24.4. The van der Waals surface area contributed by atoms with Gasteiger partial charge in [-0.1, -0.05) is 13.3 Å². The molecule has 108 valence electrons. The molecule has 0 bridgehead atoms. The SMILES string of the molecule is CCCC(CC(=O)O)n1nnnc1C(C)S(C)(=O)=O. The number of sulfone groups is 1. The Hall–Kier alpha value is -1.51. The first-order valence-electron chi connectivity index (χ1n) is 5.95. The van der Waals surface area contributed by atoms with Gasteiger partial charge >= 0.3 is 5.97 Å². The number of hydrogen-bond acceptors (Lipinski definition) is 6. The van der Waals surface area contributed by atoms with Crippen molar-refractivity contribution in [2.24, 2.45) is 0 Å². The van der Waals surface area contributed by atoms with Gasteiger partial charge in [-0.25, -0.2) is 13.1 Å². The van der Waals surface area contributed by atoms with Crippen LogP contribution in [0.25, 0.3) is 0 Å². The second kappa shape index (κ2) is 6.09. The molecule has 0 radical (unpaired) electrons. The zero-order valence-electron chi connectivity index (χ0n) is 11.1. The van der Waals surface area contributed by atoms with Crippen LogP contribution in [-0.2, 0) is 14.6 Å². The van der Waals surface area contributed by atoms with Crippen LogP contribution >= 0.6 is 0 Å². The van der Waals surface area contributed by atoms with E-state index in [4.69, 9.17) is 5.11 Å². The molecular formula is C10H18N4O4S. The number of rotatable bonds is 7. The van der Waals surface area contributed by atoms with Gasteiger partial charge in [0.1, 0.15) is 5.25 Å². The summed E-state index contributed by atoms with van der Waals surface area (Å²) >= 11 is 0. The number of aliphatic carboxylic acids is 1. The third-order valence-corrected chi connectivity index (χ3v) is 4.40. The molecule has 0 aliphatic carbocycles. The lowest BCUT2D eigenvalue weighted by atomic mass is 10.1. The smallest absolute Gasteiger partial charge is 0.305 e. The lowest BCUT2D eigenvalue weighted by Crippen LogP contribution is -2.21. The van der Waals surface area contributed by atoms with E-state index in [1.165, 1.54) is 11.6 Å². The molecular weight excluding hydrogens is 272 g/mol. The molecule has 1 heterocycles. The quantitative estimate of drug-likeness (QED) is 0.781. The summed E-state index contributed by atoms with van der Waals surface area (Å²) in [4.78, 5) is 10.9. The van der Waals surface area contributed by atoms with Crippen LogP contribution in [0.1, 0.15) is 50.2 Å². The van der Waals surface area contributed by atoms with Gasteiger partial charge in [-0.05, 0) is 23.8 Å². The first-order valence-corrected chi connectivity index (χ1v) is 7.91. The van der Waals surface area contributed by atoms with Crippen molar-refractivity contribution in [3.05, 3.63) is 5.82 Å². The Morgan fingerprint density at radius 1 is 1.47 bits per heavy atom. The van der Waals surface area contributed by atoms with E-state index in [9.17, 15) is 13.2 Å². The largest absolute Gasteiger partial charge is 0.481 e. The van der Waals surface area contributed by atoms with Crippen molar-refractivity contribution in [1.82, 2.24) is 20.2 Å². The van der Waals surface area contributed by atoms with E-state index in [0.29, 0.717) is 6.42 Å². The van der Waals surface area contributed by atoms with Crippen molar-refractivity contribution >= 4 is 15.8 Å². The predicted octanol–water partition coefficient (Wildman–Crippen LogP) is 0.595. The Bertz CT molecular complexity index is 539. The van der Waals surface area contributed by atoms with Crippen molar-refractivity contribution < 1.29 is 18.3 Å². The molecule has 1 aromatic heterocycles. The van der Waals surface area contributed by atoms with Crippen molar-refractivity contribution in [3.8, 4) is 0 Å². The van der Waals surface area contributed by atoms with E-state index in [0.717, 1.165) is 12.7 Å². The summed E-state index contributed by atoms with van der Waals surface area (Å²) in [6.07, 6.45) is 2.29. The fraction of sp³-hybridized carbons (Fsp3) is 0.800. The second-order valence-electron chi connectivity index (χ2n) is 4.49. The van der Waals surface area contributed by atoms with Crippen LogP contribution in [0.5, 0.6) is 0 Å². The number of carbonyl (C=O) groups is 1. The highest BCUT2D eigenvalue weighted by Crippen LogP contribution is 2.24. The maximum atomic E-state index is 11.6. The molecule has 19 heavy (non-hydrogen) atoms. The molecule has 0 aliphatic rings. The Morgan fingerprint density at radius 3 is 2.58 bits per heavy atom. The number of carboxylic acids is 1. The minimum Gasteiger partial charge on any atom is -0.481 e. The van der Waals surface area contributed by atoms with E-state index >= 15 is 0 Å².